The first-order valence-electron chi connectivity index (χ1n) is 6.61. The first-order chi connectivity index (χ1) is 9.18. The largest absolute Gasteiger partial charge is 0.351 e. The molecule has 4 heteroatoms. The zero-order chi connectivity index (χ0) is 13.7. The number of carbonyl (C=O) groups is 1. The van der Waals surface area contributed by atoms with Crippen LogP contribution < -0.4 is 5.32 Å². The fourth-order valence-corrected chi connectivity index (χ4v) is 2.96. The van der Waals surface area contributed by atoms with E-state index in [4.69, 9.17) is 0 Å². The highest BCUT2D eigenvalue weighted by Crippen LogP contribution is 2.35. The number of carbonyl (C=O) groups excluding carboxylic acids is 1. The lowest BCUT2D eigenvalue weighted by atomic mass is 9.74. The molecule has 1 fully saturated rings. The molecular formula is C15H17BrN2O. The van der Waals surface area contributed by atoms with Gasteiger partial charge < -0.3 is 5.32 Å². The minimum Gasteiger partial charge on any atom is -0.351 e. The van der Waals surface area contributed by atoms with Gasteiger partial charge in [0.2, 0.25) is 5.91 Å². The summed E-state index contributed by atoms with van der Waals surface area (Å²) in [5.41, 5.74) is 0.222. The zero-order valence-electron chi connectivity index (χ0n) is 10.8. The maximum absolute atomic E-state index is 12.3. The van der Waals surface area contributed by atoms with Crippen molar-refractivity contribution in [2.24, 2.45) is 5.41 Å². The third-order valence-electron chi connectivity index (χ3n) is 3.75. The predicted octanol–water partition coefficient (Wildman–Crippen LogP) is 3.54. The lowest BCUT2D eigenvalue weighted by Crippen LogP contribution is -2.41. The van der Waals surface area contributed by atoms with Gasteiger partial charge in [-0.2, -0.15) is 5.26 Å². The van der Waals surface area contributed by atoms with E-state index in [1.165, 1.54) is 0 Å². The highest BCUT2D eigenvalue weighted by Gasteiger charge is 2.39. The summed E-state index contributed by atoms with van der Waals surface area (Å²) in [5.74, 6) is -0.120. The summed E-state index contributed by atoms with van der Waals surface area (Å²) < 4.78 is 0.977. The third-order valence-corrected chi connectivity index (χ3v) is 4.53. The van der Waals surface area contributed by atoms with Crippen molar-refractivity contribution in [3.63, 3.8) is 0 Å². The van der Waals surface area contributed by atoms with Crippen molar-refractivity contribution in [1.82, 2.24) is 5.32 Å². The second-order valence-electron chi connectivity index (χ2n) is 5.03. The normalized spacial score (nSPS) is 17.5. The van der Waals surface area contributed by atoms with Gasteiger partial charge in [0.25, 0.3) is 0 Å². The van der Waals surface area contributed by atoms with Gasteiger partial charge >= 0.3 is 0 Å². The van der Waals surface area contributed by atoms with E-state index in [9.17, 15) is 10.1 Å². The molecule has 1 aromatic rings. The quantitative estimate of drug-likeness (QED) is 0.926. The Kier molecular flexibility index (Phi) is 4.60. The smallest absolute Gasteiger partial charge is 0.240 e. The van der Waals surface area contributed by atoms with E-state index in [2.05, 4.69) is 27.3 Å². The van der Waals surface area contributed by atoms with E-state index in [-0.39, 0.29) is 5.91 Å². The number of nitriles is 1. The number of nitrogens with one attached hydrogen (secondary N) is 1. The monoisotopic (exact) mass is 320 g/mol. The molecule has 1 aliphatic rings. The lowest BCUT2D eigenvalue weighted by Gasteiger charge is -2.29. The van der Waals surface area contributed by atoms with E-state index in [1.54, 1.807) is 0 Å². The molecule has 3 nitrogen and oxygen atoms in total. The highest BCUT2D eigenvalue weighted by molar-refractivity contribution is 9.10. The van der Waals surface area contributed by atoms with E-state index in [1.807, 2.05) is 24.3 Å². The Morgan fingerprint density at radius 3 is 2.63 bits per heavy atom. The van der Waals surface area contributed by atoms with Crippen LogP contribution in [-0.2, 0) is 11.3 Å². The molecule has 0 unspecified atom stereocenters. The second kappa shape index (κ2) is 6.21. The SMILES string of the molecule is N#CC1(C(=O)NCc2ccccc2Br)CCCCC1. The summed E-state index contributed by atoms with van der Waals surface area (Å²) in [6.45, 7) is 0.462. The second-order valence-corrected chi connectivity index (χ2v) is 5.88. The van der Waals surface area contributed by atoms with Gasteiger partial charge in [0, 0.05) is 11.0 Å². The molecule has 1 N–H and O–H groups in total. The predicted molar refractivity (Wildman–Crippen MR) is 77.1 cm³/mol. The number of benzene rings is 1. The van der Waals surface area contributed by atoms with Crippen molar-refractivity contribution < 1.29 is 4.79 Å². The Morgan fingerprint density at radius 1 is 1.32 bits per heavy atom. The summed E-state index contributed by atoms with van der Waals surface area (Å²) in [4.78, 5) is 12.3. The molecule has 0 heterocycles. The van der Waals surface area contributed by atoms with Crippen LogP contribution in [0, 0.1) is 16.7 Å². The zero-order valence-corrected chi connectivity index (χ0v) is 12.4. The molecular weight excluding hydrogens is 304 g/mol. The van der Waals surface area contributed by atoms with Gasteiger partial charge in [-0.1, -0.05) is 53.4 Å². The molecule has 1 aromatic carbocycles. The van der Waals surface area contributed by atoms with Crippen molar-refractivity contribution in [2.45, 2.75) is 38.6 Å². The summed E-state index contributed by atoms with van der Waals surface area (Å²) in [5, 5.41) is 12.3. The number of hydrogen-bond donors (Lipinski definition) is 1. The standard InChI is InChI=1S/C15H17BrN2O/c16-13-7-3-2-6-12(13)10-18-14(19)15(11-17)8-4-1-5-9-15/h2-3,6-7H,1,4-5,8-10H2,(H,18,19). The van der Waals surface area contributed by atoms with Crippen LogP contribution in [0.1, 0.15) is 37.7 Å². The van der Waals surface area contributed by atoms with E-state index in [0.717, 1.165) is 29.3 Å². The number of hydrogen-bond acceptors (Lipinski definition) is 2. The number of amides is 1. The molecule has 0 spiro atoms. The number of rotatable bonds is 3. The third kappa shape index (κ3) is 3.16. The fourth-order valence-electron chi connectivity index (χ4n) is 2.53. The molecule has 19 heavy (non-hydrogen) atoms. The van der Waals surface area contributed by atoms with Crippen molar-refractivity contribution in [1.29, 1.82) is 5.26 Å². The summed E-state index contributed by atoms with van der Waals surface area (Å²) in [6, 6.07) is 10.0. The minimum absolute atomic E-state index is 0.120. The van der Waals surface area contributed by atoms with Crippen molar-refractivity contribution in [2.75, 3.05) is 0 Å². The van der Waals surface area contributed by atoms with Crippen LogP contribution >= 0.6 is 15.9 Å². The van der Waals surface area contributed by atoms with Gasteiger partial charge in [0.05, 0.1) is 6.07 Å². The molecule has 0 aliphatic heterocycles. The lowest BCUT2D eigenvalue weighted by molar-refractivity contribution is -0.129. The average molecular weight is 321 g/mol. The molecule has 0 atom stereocenters. The van der Waals surface area contributed by atoms with E-state index in [0.29, 0.717) is 19.4 Å². The molecule has 100 valence electrons. The average Bonchev–Trinajstić information content (AvgIpc) is 2.46. The van der Waals surface area contributed by atoms with Gasteiger partial charge in [-0.15, -0.1) is 0 Å². The summed E-state index contributed by atoms with van der Waals surface area (Å²) in [6.07, 6.45) is 4.43. The maximum Gasteiger partial charge on any atom is 0.240 e. The molecule has 2 rings (SSSR count). The minimum atomic E-state index is -0.806. The van der Waals surface area contributed by atoms with Crippen LogP contribution in [0.4, 0.5) is 0 Å². The number of nitrogens with zero attached hydrogens (tertiary/aromatic N) is 1. The fraction of sp³-hybridized carbons (Fsp3) is 0.467. The first kappa shape index (κ1) is 14.1. The Bertz CT molecular complexity index is 501. The molecule has 1 aliphatic carbocycles. The van der Waals surface area contributed by atoms with Crippen LogP contribution in [0.5, 0.6) is 0 Å². The number of halogens is 1. The van der Waals surface area contributed by atoms with Gasteiger partial charge in [0.15, 0.2) is 0 Å². The summed E-state index contributed by atoms with van der Waals surface area (Å²) in [7, 11) is 0. The van der Waals surface area contributed by atoms with E-state index < -0.39 is 5.41 Å². The highest BCUT2D eigenvalue weighted by atomic mass is 79.9. The van der Waals surface area contributed by atoms with Crippen LogP contribution in [-0.4, -0.2) is 5.91 Å². The van der Waals surface area contributed by atoms with Gasteiger partial charge in [-0.3, -0.25) is 4.79 Å². The van der Waals surface area contributed by atoms with Crippen molar-refractivity contribution in [3.8, 4) is 6.07 Å². The van der Waals surface area contributed by atoms with Crippen LogP contribution in [0.25, 0.3) is 0 Å². The van der Waals surface area contributed by atoms with Gasteiger partial charge in [-0.05, 0) is 24.5 Å². The molecule has 0 aromatic heterocycles. The van der Waals surface area contributed by atoms with Crippen LogP contribution in [0.3, 0.4) is 0 Å². The Labute approximate surface area is 122 Å². The Morgan fingerprint density at radius 2 is 2.00 bits per heavy atom. The molecule has 0 radical (unpaired) electrons. The first-order valence-corrected chi connectivity index (χ1v) is 7.40. The topological polar surface area (TPSA) is 52.9 Å². The Hall–Kier alpha value is -1.34. The van der Waals surface area contributed by atoms with Gasteiger partial charge in [0.1, 0.15) is 5.41 Å². The van der Waals surface area contributed by atoms with Crippen molar-refractivity contribution >= 4 is 21.8 Å². The Balaban J connectivity index is 2.01. The molecule has 1 saturated carbocycles. The molecule has 0 bridgehead atoms. The maximum atomic E-state index is 12.3. The van der Waals surface area contributed by atoms with Gasteiger partial charge in [-0.25, -0.2) is 0 Å². The van der Waals surface area contributed by atoms with Crippen LogP contribution in [0.2, 0.25) is 0 Å². The van der Waals surface area contributed by atoms with Crippen LogP contribution in [0.15, 0.2) is 28.7 Å². The molecule has 0 saturated heterocycles. The van der Waals surface area contributed by atoms with Crippen molar-refractivity contribution in [3.05, 3.63) is 34.3 Å². The molecule has 1 amide bonds. The van der Waals surface area contributed by atoms with E-state index >= 15 is 0 Å². The summed E-state index contributed by atoms with van der Waals surface area (Å²) >= 11 is 3.46.